The van der Waals surface area contributed by atoms with Gasteiger partial charge in [-0.2, -0.15) is 0 Å². The number of aliphatic hydroxyl groups is 1. The van der Waals surface area contributed by atoms with E-state index in [9.17, 15) is 14.3 Å². The van der Waals surface area contributed by atoms with Gasteiger partial charge in [0.15, 0.2) is 23.2 Å². The van der Waals surface area contributed by atoms with Crippen LogP contribution in [0.2, 0.25) is 0 Å². The molecule has 0 heterocycles. The quantitative estimate of drug-likeness (QED) is 0.180. The SMILES string of the molecule is CCCC(O)c1ccc(-c2ccc(-c3ccc(C(=O)Oc4ccc(OCC)cc4F)cc3)c(F)c2F)cc1. The Hall–Kier alpha value is -4.10. The Balaban J connectivity index is 1.51. The highest BCUT2D eigenvalue weighted by Gasteiger charge is 2.18. The lowest BCUT2D eigenvalue weighted by Crippen LogP contribution is -2.09. The maximum Gasteiger partial charge on any atom is 0.343 e. The Morgan fingerprint density at radius 3 is 1.92 bits per heavy atom. The Bertz CT molecular complexity index is 1420. The molecule has 4 aromatic rings. The van der Waals surface area contributed by atoms with Crippen LogP contribution in [0.3, 0.4) is 0 Å². The van der Waals surface area contributed by atoms with Gasteiger partial charge in [0.05, 0.1) is 18.3 Å². The number of aliphatic hydroxyl groups excluding tert-OH is 1. The molecule has 0 saturated carbocycles. The first kappa shape index (κ1) is 26.9. The summed E-state index contributed by atoms with van der Waals surface area (Å²) in [5.41, 5.74) is 1.80. The summed E-state index contributed by atoms with van der Waals surface area (Å²) in [6.45, 7) is 4.11. The van der Waals surface area contributed by atoms with Crippen LogP contribution in [0.5, 0.6) is 11.5 Å². The number of ether oxygens (including phenoxy) is 2. The van der Waals surface area contributed by atoms with E-state index in [1.807, 2.05) is 6.92 Å². The zero-order chi connectivity index (χ0) is 27.2. The summed E-state index contributed by atoms with van der Waals surface area (Å²) >= 11 is 0. The van der Waals surface area contributed by atoms with Crippen LogP contribution < -0.4 is 9.47 Å². The normalized spacial score (nSPS) is 11.7. The fourth-order valence-electron chi connectivity index (χ4n) is 4.09. The van der Waals surface area contributed by atoms with Crippen molar-refractivity contribution in [2.24, 2.45) is 0 Å². The Morgan fingerprint density at radius 1 is 0.816 bits per heavy atom. The number of halogens is 3. The van der Waals surface area contributed by atoms with Crippen molar-refractivity contribution in [3.63, 3.8) is 0 Å². The van der Waals surface area contributed by atoms with Gasteiger partial charge in [0.2, 0.25) is 0 Å². The van der Waals surface area contributed by atoms with E-state index < -0.39 is 29.5 Å². The van der Waals surface area contributed by atoms with Gasteiger partial charge in [-0.05, 0) is 54.3 Å². The van der Waals surface area contributed by atoms with E-state index in [2.05, 4.69) is 0 Å². The maximum absolute atomic E-state index is 15.1. The summed E-state index contributed by atoms with van der Waals surface area (Å²) in [5.74, 6) is -3.50. The molecule has 0 aliphatic heterocycles. The van der Waals surface area contributed by atoms with E-state index in [4.69, 9.17) is 9.47 Å². The molecule has 0 aromatic heterocycles. The lowest BCUT2D eigenvalue weighted by molar-refractivity contribution is 0.0727. The van der Waals surface area contributed by atoms with Crippen molar-refractivity contribution >= 4 is 5.97 Å². The molecule has 0 spiro atoms. The summed E-state index contributed by atoms with van der Waals surface area (Å²) in [7, 11) is 0. The van der Waals surface area contributed by atoms with E-state index >= 15 is 8.78 Å². The largest absolute Gasteiger partial charge is 0.494 e. The predicted octanol–water partition coefficient (Wildman–Crippen LogP) is 7.89. The molecule has 1 unspecified atom stereocenters. The van der Waals surface area contributed by atoms with Gasteiger partial charge >= 0.3 is 5.97 Å². The highest BCUT2D eigenvalue weighted by Crippen LogP contribution is 2.33. The van der Waals surface area contributed by atoms with Gasteiger partial charge in [-0.3, -0.25) is 0 Å². The van der Waals surface area contributed by atoms with Gasteiger partial charge in [0, 0.05) is 17.2 Å². The van der Waals surface area contributed by atoms with Crippen molar-refractivity contribution in [3.05, 3.63) is 107 Å². The molecular formula is C31H27F3O4. The minimum absolute atomic E-state index is 0.0266. The number of hydrogen-bond donors (Lipinski definition) is 1. The van der Waals surface area contributed by atoms with E-state index in [1.165, 1.54) is 48.5 Å². The standard InChI is InChI=1S/C31H27F3O4/c1-3-5-27(35)21-10-6-19(7-11-21)24-15-16-25(30(34)29(24)33)20-8-12-22(13-9-20)31(36)38-28-17-14-23(37-4-2)18-26(28)32/h6-18,27,35H,3-5H2,1-2H3. The predicted molar refractivity (Wildman–Crippen MR) is 140 cm³/mol. The van der Waals surface area contributed by atoms with E-state index in [-0.39, 0.29) is 22.4 Å². The van der Waals surface area contributed by atoms with Crippen LogP contribution in [0, 0.1) is 17.5 Å². The van der Waals surface area contributed by atoms with Crippen molar-refractivity contribution < 1.29 is 32.5 Å². The Labute approximate surface area is 219 Å². The van der Waals surface area contributed by atoms with Crippen molar-refractivity contribution in [1.82, 2.24) is 0 Å². The number of rotatable bonds is 9. The van der Waals surface area contributed by atoms with Gasteiger partial charge in [0.25, 0.3) is 0 Å². The Kier molecular flexibility index (Phi) is 8.48. The molecule has 7 heteroatoms. The van der Waals surface area contributed by atoms with Crippen molar-refractivity contribution in [1.29, 1.82) is 0 Å². The first-order chi connectivity index (χ1) is 18.3. The van der Waals surface area contributed by atoms with Crippen LogP contribution in [0.4, 0.5) is 13.2 Å². The van der Waals surface area contributed by atoms with Crippen molar-refractivity contribution in [3.8, 4) is 33.8 Å². The molecule has 4 rings (SSSR count). The van der Waals surface area contributed by atoms with Gasteiger partial charge < -0.3 is 14.6 Å². The van der Waals surface area contributed by atoms with E-state index in [0.717, 1.165) is 18.1 Å². The van der Waals surface area contributed by atoms with Gasteiger partial charge in [-0.1, -0.05) is 61.9 Å². The minimum Gasteiger partial charge on any atom is -0.494 e. The second kappa shape index (κ2) is 12.0. The first-order valence-electron chi connectivity index (χ1n) is 12.3. The second-order valence-electron chi connectivity index (χ2n) is 8.71. The van der Waals surface area contributed by atoms with Crippen LogP contribution in [0.15, 0.2) is 78.9 Å². The summed E-state index contributed by atoms with van der Waals surface area (Å²) in [4.78, 5) is 12.5. The molecule has 0 aliphatic rings. The highest BCUT2D eigenvalue weighted by molar-refractivity contribution is 5.91. The van der Waals surface area contributed by atoms with Crippen LogP contribution in [-0.2, 0) is 0 Å². The molecule has 0 bridgehead atoms. The van der Waals surface area contributed by atoms with Gasteiger partial charge in [0.1, 0.15) is 5.75 Å². The summed E-state index contributed by atoms with van der Waals surface area (Å²) in [5, 5.41) is 10.1. The third-order valence-electron chi connectivity index (χ3n) is 6.10. The number of benzene rings is 4. The summed E-state index contributed by atoms with van der Waals surface area (Å²) < 4.78 is 54.7. The van der Waals surface area contributed by atoms with Crippen LogP contribution in [-0.4, -0.2) is 17.7 Å². The van der Waals surface area contributed by atoms with Gasteiger partial charge in [-0.15, -0.1) is 0 Å². The van der Waals surface area contributed by atoms with Crippen LogP contribution >= 0.6 is 0 Å². The van der Waals surface area contributed by atoms with Gasteiger partial charge in [-0.25, -0.2) is 18.0 Å². The maximum atomic E-state index is 15.1. The molecule has 0 radical (unpaired) electrons. The molecule has 4 nitrogen and oxygen atoms in total. The van der Waals surface area contributed by atoms with E-state index in [1.54, 1.807) is 31.2 Å². The number of carbonyl (C=O) groups excluding carboxylic acids is 1. The lowest BCUT2D eigenvalue weighted by atomic mass is 9.96. The van der Waals surface area contributed by atoms with Crippen LogP contribution in [0.25, 0.3) is 22.3 Å². The number of hydrogen-bond acceptors (Lipinski definition) is 4. The number of carbonyl (C=O) groups is 1. The van der Waals surface area contributed by atoms with Crippen molar-refractivity contribution in [2.45, 2.75) is 32.8 Å². The Morgan fingerprint density at radius 2 is 1.39 bits per heavy atom. The summed E-state index contributed by atoms with van der Waals surface area (Å²) in [6.07, 6.45) is 0.845. The third-order valence-corrected chi connectivity index (χ3v) is 6.10. The fraction of sp³-hybridized carbons (Fsp3) is 0.194. The zero-order valence-electron chi connectivity index (χ0n) is 21.0. The average molecular weight is 521 g/mol. The molecule has 1 atom stereocenters. The van der Waals surface area contributed by atoms with Crippen molar-refractivity contribution in [2.75, 3.05) is 6.61 Å². The zero-order valence-corrected chi connectivity index (χ0v) is 21.0. The molecule has 0 fully saturated rings. The molecule has 0 aliphatic carbocycles. The monoisotopic (exact) mass is 520 g/mol. The third kappa shape index (κ3) is 5.89. The lowest BCUT2D eigenvalue weighted by Gasteiger charge is -2.12. The average Bonchev–Trinajstić information content (AvgIpc) is 2.92. The fourth-order valence-corrected chi connectivity index (χ4v) is 4.09. The highest BCUT2D eigenvalue weighted by atomic mass is 19.2. The molecule has 4 aromatic carbocycles. The first-order valence-corrected chi connectivity index (χ1v) is 12.3. The molecule has 0 saturated heterocycles. The van der Waals surface area contributed by atoms with E-state index in [0.29, 0.717) is 29.9 Å². The molecular weight excluding hydrogens is 493 g/mol. The minimum atomic E-state index is -1.02. The smallest absolute Gasteiger partial charge is 0.343 e. The topological polar surface area (TPSA) is 55.8 Å². The molecule has 0 amide bonds. The second-order valence-corrected chi connectivity index (χ2v) is 8.71. The molecule has 1 N–H and O–H groups in total. The number of esters is 1. The molecule has 196 valence electrons. The molecule has 38 heavy (non-hydrogen) atoms. The van der Waals surface area contributed by atoms with Crippen LogP contribution in [0.1, 0.15) is 48.7 Å². The summed E-state index contributed by atoms with van der Waals surface area (Å²) in [6, 6.07) is 19.3.